The van der Waals surface area contributed by atoms with Crippen molar-refractivity contribution in [1.29, 1.82) is 0 Å². The summed E-state index contributed by atoms with van der Waals surface area (Å²) in [5.41, 5.74) is 8.33. The lowest BCUT2D eigenvalue weighted by Crippen LogP contribution is -2.10. The second-order valence-electron chi connectivity index (χ2n) is 11.7. The van der Waals surface area contributed by atoms with E-state index in [-0.39, 0.29) is 0 Å². The third-order valence-electron chi connectivity index (χ3n) is 9.04. The van der Waals surface area contributed by atoms with Crippen molar-refractivity contribution in [2.24, 2.45) is 0 Å². The minimum absolute atomic E-state index is 1.13. The molecule has 9 aromatic rings. The van der Waals surface area contributed by atoms with Gasteiger partial charge in [-0.05, 0) is 86.3 Å². The van der Waals surface area contributed by atoms with E-state index in [0.29, 0.717) is 0 Å². The number of hydrogen-bond acceptors (Lipinski definition) is 2. The summed E-state index contributed by atoms with van der Waals surface area (Å²) in [6, 6.07) is 63.9. The van der Waals surface area contributed by atoms with Crippen LogP contribution in [0.2, 0.25) is 0 Å². The molecule has 1 heterocycles. The van der Waals surface area contributed by atoms with Gasteiger partial charge in [-0.25, -0.2) is 0 Å². The molecule has 0 bridgehead atoms. The van der Waals surface area contributed by atoms with E-state index >= 15 is 0 Å². The molecule has 216 valence electrons. The first-order valence-electron chi connectivity index (χ1n) is 15.7. The molecule has 0 aliphatic heterocycles. The Morgan fingerprint density at radius 3 is 1.87 bits per heavy atom. The maximum absolute atomic E-state index is 2.42. The molecule has 0 amide bonds. The van der Waals surface area contributed by atoms with Gasteiger partial charge in [0.05, 0.1) is 10.4 Å². The molecule has 0 aliphatic carbocycles. The highest BCUT2D eigenvalue weighted by atomic mass is 32.1. The summed E-state index contributed by atoms with van der Waals surface area (Å²) in [4.78, 5) is 2.42. The molecular weight excluding hydrogens is 575 g/mol. The van der Waals surface area contributed by atoms with Gasteiger partial charge in [-0.3, -0.25) is 0 Å². The molecule has 1 aromatic heterocycles. The summed E-state index contributed by atoms with van der Waals surface area (Å²) >= 11 is 1.87. The standard InChI is InChI=1S/C44H29NS/c1-2-12-30(13-3-1)32-15-10-16-35(28-32)45(42-22-11-21-40-39-20-8-9-23-43(39)46-44(40)42)34-26-24-31(25-27-34)41-29-33-14-4-5-17-36(33)37-18-6-7-19-38(37)41/h1-29H. The lowest BCUT2D eigenvalue weighted by Gasteiger charge is -2.27. The van der Waals surface area contributed by atoms with Crippen LogP contribution in [0.3, 0.4) is 0 Å². The normalized spacial score (nSPS) is 11.5. The number of fused-ring (bicyclic) bond motifs is 6. The van der Waals surface area contributed by atoms with E-state index in [1.807, 2.05) is 11.3 Å². The molecule has 0 radical (unpaired) electrons. The average Bonchev–Trinajstić information content (AvgIpc) is 3.52. The summed E-state index contributed by atoms with van der Waals surface area (Å²) in [6.45, 7) is 0. The van der Waals surface area contributed by atoms with Gasteiger partial charge in [0.25, 0.3) is 0 Å². The number of benzene rings is 8. The van der Waals surface area contributed by atoms with E-state index in [0.717, 1.165) is 11.4 Å². The van der Waals surface area contributed by atoms with Crippen LogP contribution < -0.4 is 4.90 Å². The number of nitrogens with zero attached hydrogens (tertiary/aromatic N) is 1. The van der Waals surface area contributed by atoms with Crippen LogP contribution in [0.4, 0.5) is 17.1 Å². The average molecular weight is 604 g/mol. The van der Waals surface area contributed by atoms with Crippen molar-refractivity contribution in [1.82, 2.24) is 0 Å². The lowest BCUT2D eigenvalue weighted by atomic mass is 9.93. The van der Waals surface area contributed by atoms with Gasteiger partial charge in [0.1, 0.15) is 0 Å². The first-order chi connectivity index (χ1) is 22.8. The summed E-state index contributed by atoms with van der Waals surface area (Å²) < 4.78 is 2.60. The van der Waals surface area contributed by atoms with Crippen molar-refractivity contribution in [2.75, 3.05) is 4.90 Å². The maximum atomic E-state index is 2.42. The summed E-state index contributed by atoms with van der Waals surface area (Å²) in [6.07, 6.45) is 0. The van der Waals surface area contributed by atoms with E-state index in [1.165, 1.54) is 69.7 Å². The van der Waals surface area contributed by atoms with E-state index in [2.05, 4.69) is 181 Å². The van der Waals surface area contributed by atoms with Crippen molar-refractivity contribution in [3.63, 3.8) is 0 Å². The topological polar surface area (TPSA) is 3.24 Å². The zero-order valence-electron chi connectivity index (χ0n) is 25.1. The third-order valence-corrected chi connectivity index (χ3v) is 10.2. The Kier molecular flexibility index (Phi) is 6.40. The minimum atomic E-state index is 1.13. The summed E-state index contributed by atoms with van der Waals surface area (Å²) in [5, 5.41) is 7.71. The second-order valence-corrected chi connectivity index (χ2v) is 12.8. The molecule has 0 aliphatic rings. The Labute approximate surface area is 272 Å². The van der Waals surface area contributed by atoms with Crippen molar-refractivity contribution in [2.45, 2.75) is 0 Å². The smallest absolute Gasteiger partial charge is 0.0640 e. The van der Waals surface area contributed by atoms with Gasteiger partial charge < -0.3 is 4.90 Å². The van der Waals surface area contributed by atoms with Crippen molar-refractivity contribution >= 4 is 70.1 Å². The molecule has 0 saturated carbocycles. The third kappa shape index (κ3) is 4.46. The quantitative estimate of drug-likeness (QED) is 0.177. The first-order valence-corrected chi connectivity index (χ1v) is 16.5. The summed E-state index contributed by atoms with van der Waals surface area (Å²) in [5.74, 6) is 0. The molecule has 46 heavy (non-hydrogen) atoms. The molecule has 8 aromatic carbocycles. The zero-order valence-corrected chi connectivity index (χ0v) is 25.9. The predicted octanol–water partition coefficient (Wildman–Crippen LogP) is 13.2. The maximum Gasteiger partial charge on any atom is 0.0640 e. The van der Waals surface area contributed by atoms with Gasteiger partial charge in [0.2, 0.25) is 0 Å². The van der Waals surface area contributed by atoms with Crippen LogP contribution >= 0.6 is 11.3 Å². The Hall–Kier alpha value is -5.70. The Bertz CT molecular complexity index is 2530. The molecule has 0 unspecified atom stereocenters. The largest absolute Gasteiger partial charge is 0.309 e. The van der Waals surface area contributed by atoms with Crippen LogP contribution in [0, 0.1) is 0 Å². The minimum Gasteiger partial charge on any atom is -0.309 e. The highest BCUT2D eigenvalue weighted by Crippen LogP contribution is 2.45. The fraction of sp³-hybridized carbons (Fsp3) is 0. The SMILES string of the molecule is c1ccc(-c2cccc(N(c3ccc(-c4cc5ccccc5c5ccccc45)cc3)c3cccc4c3sc3ccccc34)c2)cc1. The number of thiophene rings is 1. The van der Waals surface area contributed by atoms with Crippen LogP contribution in [0.15, 0.2) is 176 Å². The fourth-order valence-electron chi connectivity index (χ4n) is 6.87. The number of rotatable bonds is 5. The lowest BCUT2D eigenvalue weighted by molar-refractivity contribution is 1.30. The van der Waals surface area contributed by atoms with Crippen molar-refractivity contribution in [3.8, 4) is 22.3 Å². The molecule has 9 rings (SSSR count). The second kappa shape index (κ2) is 11.0. The Morgan fingerprint density at radius 2 is 1.02 bits per heavy atom. The van der Waals surface area contributed by atoms with Crippen molar-refractivity contribution in [3.05, 3.63) is 176 Å². The van der Waals surface area contributed by atoms with Crippen LogP contribution in [-0.2, 0) is 0 Å². The fourth-order valence-corrected chi connectivity index (χ4v) is 8.08. The monoisotopic (exact) mass is 603 g/mol. The van der Waals surface area contributed by atoms with Crippen molar-refractivity contribution < 1.29 is 0 Å². The Balaban J connectivity index is 1.23. The van der Waals surface area contributed by atoms with Gasteiger partial charge in [-0.15, -0.1) is 11.3 Å². The van der Waals surface area contributed by atoms with Gasteiger partial charge in [0, 0.05) is 26.8 Å². The molecular formula is C44H29NS. The van der Waals surface area contributed by atoms with Crippen LogP contribution in [0.1, 0.15) is 0 Å². The summed E-state index contributed by atoms with van der Waals surface area (Å²) in [7, 11) is 0. The van der Waals surface area contributed by atoms with Crippen LogP contribution in [0.25, 0.3) is 64.0 Å². The predicted molar refractivity (Wildman–Crippen MR) is 200 cm³/mol. The molecule has 0 N–H and O–H groups in total. The molecule has 2 heteroatoms. The highest BCUT2D eigenvalue weighted by Gasteiger charge is 2.19. The van der Waals surface area contributed by atoms with E-state index in [4.69, 9.17) is 0 Å². The van der Waals surface area contributed by atoms with Gasteiger partial charge >= 0.3 is 0 Å². The van der Waals surface area contributed by atoms with Gasteiger partial charge in [-0.1, -0.05) is 133 Å². The van der Waals surface area contributed by atoms with E-state index in [1.54, 1.807) is 0 Å². The van der Waals surface area contributed by atoms with Gasteiger partial charge in [0.15, 0.2) is 0 Å². The van der Waals surface area contributed by atoms with Gasteiger partial charge in [-0.2, -0.15) is 0 Å². The molecule has 0 atom stereocenters. The van der Waals surface area contributed by atoms with Crippen LogP contribution in [0.5, 0.6) is 0 Å². The van der Waals surface area contributed by atoms with E-state index < -0.39 is 0 Å². The Morgan fingerprint density at radius 1 is 0.370 bits per heavy atom. The molecule has 0 saturated heterocycles. The molecule has 0 fully saturated rings. The molecule has 1 nitrogen and oxygen atoms in total. The zero-order chi connectivity index (χ0) is 30.5. The number of anilines is 3. The van der Waals surface area contributed by atoms with E-state index in [9.17, 15) is 0 Å². The number of hydrogen-bond donors (Lipinski definition) is 0. The van der Waals surface area contributed by atoms with Crippen LogP contribution in [-0.4, -0.2) is 0 Å². The molecule has 0 spiro atoms. The highest BCUT2D eigenvalue weighted by molar-refractivity contribution is 7.26. The first kappa shape index (κ1) is 26.7.